The molecular weight excluding hydrogens is 406 g/mol. The normalized spacial score (nSPS) is 14.6. The van der Waals surface area contributed by atoms with Crippen molar-refractivity contribution in [2.24, 2.45) is 0 Å². The molecule has 4 rings (SSSR count). The van der Waals surface area contributed by atoms with E-state index in [1.54, 1.807) is 18.3 Å². The van der Waals surface area contributed by atoms with Crippen LogP contribution >= 0.6 is 11.3 Å². The van der Waals surface area contributed by atoms with Gasteiger partial charge in [0, 0.05) is 16.6 Å². The van der Waals surface area contributed by atoms with E-state index in [9.17, 15) is 13.5 Å². The molecule has 1 heterocycles. The summed E-state index contributed by atoms with van der Waals surface area (Å²) in [5.74, 6) is 0. The molecule has 0 amide bonds. The lowest BCUT2D eigenvalue weighted by Gasteiger charge is -2.28. The summed E-state index contributed by atoms with van der Waals surface area (Å²) in [5.41, 5.74) is 0.210. The molecule has 0 radical (unpaired) electrons. The Kier molecular flexibility index (Phi) is 5.35. The highest BCUT2D eigenvalue weighted by atomic mass is 32.2. The highest BCUT2D eigenvalue weighted by Crippen LogP contribution is 2.36. The van der Waals surface area contributed by atoms with Crippen LogP contribution in [0, 0.1) is 0 Å². The van der Waals surface area contributed by atoms with Gasteiger partial charge in [-0.25, -0.2) is 0 Å². The molecule has 5 nitrogen and oxygen atoms in total. The molecule has 0 spiro atoms. The van der Waals surface area contributed by atoms with Crippen LogP contribution in [0.2, 0.25) is 0 Å². The van der Waals surface area contributed by atoms with Gasteiger partial charge in [0.1, 0.15) is 0 Å². The Bertz CT molecular complexity index is 1300. The van der Waals surface area contributed by atoms with Crippen LogP contribution in [0.25, 0.3) is 31.6 Å². The average Bonchev–Trinajstić information content (AvgIpc) is 3.19. The number of thiophene rings is 1. The van der Waals surface area contributed by atoms with Gasteiger partial charge >= 0.3 is 0 Å². The summed E-state index contributed by atoms with van der Waals surface area (Å²) in [6.45, 7) is 1.84. The first kappa shape index (κ1) is 20.3. The number of aliphatic hydroxyl groups is 1. The molecule has 1 unspecified atom stereocenters. The van der Waals surface area contributed by atoms with Crippen LogP contribution < -0.4 is 5.32 Å². The molecule has 0 aliphatic carbocycles. The Morgan fingerprint density at radius 1 is 1.07 bits per heavy atom. The first-order chi connectivity index (χ1) is 13.8. The number of fused-ring (bicyclic) bond motifs is 5. The zero-order valence-corrected chi connectivity index (χ0v) is 17.9. The molecular formula is C22H23NO4S2. The molecule has 0 bridgehead atoms. The van der Waals surface area contributed by atoms with Crippen molar-refractivity contribution in [1.29, 1.82) is 0 Å². The second-order valence-corrected chi connectivity index (χ2v) is 10.2. The van der Waals surface area contributed by atoms with Crippen LogP contribution in [0.1, 0.15) is 12.5 Å². The Morgan fingerprint density at radius 3 is 2.52 bits per heavy atom. The van der Waals surface area contributed by atoms with Crippen molar-refractivity contribution in [2.75, 3.05) is 19.5 Å². The molecule has 152 valence electrons. The molecule has 0 fully saturated rings. The van der Waals surface area contributed by atoms with E-state index in [2.05, 4.69) is 47.1 Å². The van der Waals surface area contributed by atoms with E-state index >= 15 is 0 Å². The highest BCUT2D eigenvalue weighted by Gasteiger charge is 2.25. The minimum absolute atomic E-state index is 0.136. The van der Waals surface area contributed by atoms with Gasteiger partial charge in [0.15, 0.2) is 0 Å². The van der Waals surface area contributed by atoms with Gasteiger partial charge in [-0.15, -0.1) is 11.3 Å². The van der Waals surface area contributed by atoms with E-state index in [1.165, 1.54) is 26.2 Å². The van der Waals surface area contributed by atoms with Crippen molar-refractivity contribution in [3.63, 3.8) is 0 Å². The van der Waals surface area contributed by atoms with Crippen LogP contribution in [0.4, 0.5) is 0 Å². The minimum Gasteiger partial charge on any atom is -0.394 e. The van der Waals surface area contributed by atoms with E-state index in [4.69, 9.17) is 4.18 Å². The summed E-state index contributed by atoms with van der Waals surface area (Å²) >= 11 is 1.73. The predicted molar refractivity (Wildman–Crippen MR) is 120 cm³/mol. The molecule has 0 aliphatic rings. The molecule has 0 saturated heterocycles. The Hall–Kier alpha value is -2.03. The molecule has 29 heavy (non-hydrogen) atoms. The molecule has 3 aromatic carbocycles. The van der Waals surface area contributed by atoms with Gasteiger partial charge in [-0.2, -0.15) is 8.42 Å². The zero-order valence-electron chi connectivity index (χ0n) is 16.3. The third-order valence-electron chi connectivity index (χ3n) is 5.19. The third-order valence-corrected chi connectivity index (χ3v) is 6.70. The quantitative estimate of drug-likeness (QED) is 0.343. The standard InChI is InChI=1S/C22H23NO4S2/c1-22(13-24,14-27-29(2,25)26)23-12-16-11-20-19(18-6-4-3-5-17(16)18)8-7-15-9-10-28-21(15)20/h3-11,23-24H,12-14H2,1-2H3. The average molecular weight is 430 g/mol. The lowest BCUT2D eigenvalue weighted by Crippen LogP contribution is -2.49. The zero-order chi connectivity index (χ0) is 20.6. The van der Waals surface area contributed by atoms with E-state index < -0.39 is 15.7 Å². The largest absolute Gasteiger partial charge is 0.394 e. The van der Waals surface area contributed by atoms with Gasteiger partial charge in [0.05, 0.1) is 25.0 Å². The lowest BCUT2D eigenvalue weighted by molar-refractivity contribution is 0.118. The van der Waals surface area contributed by atoms with Crippen LogP contribution in [-0.2, 0) is 20.8 Å². The van der Waals surface area contributed by atoms with Gasteiger partial charge in [-0.3, -0.25) is 4.18 Å². The smallest absolute Gasteiger partial charge is 0.264 e. The van der Waals surface area contributed by atoms with Crippen molar-refractivity contribution >= 4 is 53.1 Å². The predicted octanol–water partition coefficient (Wildman–Crippen LogP) is 4.02. The van der Waals surface area contributed by atoms with Crippen LogP contribution in [0.15, 0.2) is 53.9 Å². The van der Waals surface area contributed by atoms with Crippen molar-refractivity contribution < 1.29 is 17.7 Å². The van der Waals surface area contributed by atoms with Crippen molar-refractivity contribution in [1.82, 2.24) is 5.32 Å². The summed E-state index contributed by atoms with van der Waals surface area (Å²) < 4.78 is 28.9. The Morgan fingerprint density at radius 2 is 1.79 bits per heavy atom. The summed E-state index contributed by atoms with van der Waals surface area (Å²) in [6, 6.07) is 16.9. The van der Waals surface area contributed by atoms with Crippen molar-refractivity contribution in [2.45, 2.75) is 19.0 Å². The van der Waals surface area contributed by atoms with Gasteiger partial charge < -0.3 is 10.4 Å². The SMILES string of the molecule is CC(CO)(COS(C)(=O)=O)NCc1cc2c(ccc3ccsc32)c2ccccc12. The number of hydrogen-bond donors (Lipinski definition) is 2. The maximum absolute atomic E-state index is 11.4. The molecule has 2 N–H and O–H groups in total. The van der Waals surface area contributed by atoms with E-state index in [-0.39, 0.29) is 13.2 Å². The topological polar surface area (TPSA) is 75.6 Å². The van der Waals surface area contributed by atoms with E-state index in [0.29, 0.717) is 6.54 Å². The van der Waals surface area contributed by atoms with Crippen LogP contribution in [0.3, 0.4) is 0 Å². The molecule has 0 aliphatic heterocycles. The monoisotopic (exact) mass is 429 g/mol. The van der Waals surface area contributed by atoms with Gasteiger partial charge in [-0.1, -0.05) is 36.4 Å². The van der Waals surface area contributed by atoms with E-state index in [0.717, 1.165) is 17.2 Å². The minimum atomic E-state index is -3.58. The number of benzene rings is 3. The molecule has 1 atom stereocenters. The maximum Gasteiger partial charge on any atom is 0.264 e. The number of aliphatic hydroxyl groups excluding tert-OH is 1. The Balaban J connectivity index is 1.76. The Labute approximate surface area is 174 Å². The molecule has 4 aromatic rings. The first-order valence-electron chi connectivity index (χ1n) is 9.30. The third kappa shape index (κ3) is 4.15. The van der Waals surface area contributed by atoms with Crippen LogP contribution in [-0.4, -0.2) is 38.5 Å². The summed E-state index contributed by atoms with van der Waals surface area (Å²) in [5, 5.41) is 21.2. The number of nitrogens with one attached hydrogen (secondary N) is 1. The van der Waals surface area contributed by atoms with Gasteiger partial charge in [-0.05, 0) is 51.5 Å². The number of rotatable bonds is 7. The van der Waals surface area contributed by atoms with E-state index in [1.807, 2.05) is 12.1 Å². The van der Waals surface area contributed by atoms with Gasteiger partial charge in [0.25, 0.3) is 10.1 Å². The number of hydrogen-bond acceptors (Lipinski definition) is 6. The lowest BCUT2D eigenvalue weighted by atomic mass is 9.95. The summed E-state index contributed by atoms with van der Waals surface area (Å²) in [4.78, 5) is 0. The maximum atomic E-state index is 11.4. The fraction of sp³-hybridized carbons (Fsp3) is 0.273. The molecule has 1 aromatic heterocycles. The summed E-state index contributed by atoms with van der Waals surface area (Å²) in [6.07, 6.45) is 1.01. The first-order valence-corrected chi connectivity index (χ1v) is 12.0. The summed E-state index contributed by atoms with van der Waals surface area (Å²) in [7, 11) is -3.58. The van der Waals surface area contributed by atoms with Gasteiger partial charge in [0.2, 0.25) is 0 Å². The molecule has 0 saturated carbocycles. The van der Waals surface area contributed by atoms with Crippen molar-refractivity contribution in [3.05, 3.63) is 59.5 Å². The molecule has 7 heteroatoms. The van der Waals surface area contributed by atoms with Crippen LogP contribution in [0.5, 0.6) is 0 Å². The second-order valence-electron chi connectivity index (χ2n) is 7.62. The second kappa shape index (κ2) is 7.66. The fourth-order valence-electron chi connectivity index (χ4n) is 3.53. The highest BCUT2D eigenvalue weighted by molar-refractivity contribution is 7.85. The fourth-order valence-corrected chi connectivity index (χ4v) is 4.92. The van der Waals surface area contributed by atoms with Crippen molar-refractivity contribution in [3.8, 4) is 0 Å².